The number of hydrogen-bond acceptors (Lipinski definition) is 4. The number of ether oxygens (including phenoxy) is 1. The lowest BCUT2D eigenvalue weighted by Gasteiger charge is -2.15. The van der Waals surface area contributed by atoms with Gasteiger partial charge in [-0.15, -0.1) is 0 Å². The van der Waals surface area contributed by atoms with E-state index < -0.39 is 0 Å². The summed E-state index contributed by atoms with van der Waals surface area (Å²) in [6.45, 7) is 4.75. The molecule has 1 aliphatic rings. The molecule has 0 aromatic carbocycles. The Morgan fingerprint density at radius 1 is 1.45 bits per heavy atom. The van der Waals surface area contributed by atoms with Gasteiger partial charge in [0.05, 0.1) is 5.69 Å². The van der Waals surface area contributed by atoms with Crippen molar-refractivity contribution in [3.05, 3.63) is 29.7 Å². The molecule has 2 aromatic rings. The third kappa shape index (κ3) is 2.99. The average molecular weight is 274 g/mol. The van der Waals surface area contributed by atoms with Gasteiger partial charge in [-0.05, 0) is 31.6 Å². The molecule has 20 heavy (non-hydrogen) atoms. The molecule has 1 aliphatic carbocycles. The molecule has 2 aromatic heterocycles. The highest BCUT2D eigenvalue weighted by Gasteiger charge is 2.41. The lowest BCUT2D eigenvalue weighted by molar-refractivity contribution is 0.171. The summed E-state index contributed by atoms with van der Waals surface area (Å²) >= 11 is 0. The van der Waals surface area contributed by atoms with E-state index in [4.69, 9.17) is 4.74 Å². The van der Waals surface area contributed by atoms with E-state index in [0.29, 0.717) is 5.41 Å². The van der Waals surface area contributed by atoms with E-state index in [-0.39, 0.29) is 0 Å². The SMILES string of the molecule is COCCC1(CNCc2cnc3cc(C)nn3c2)CC1. The van der Waals surface area contributed by atoms with Gasteiger partial charge in [0.1, 0.15) is 0 Å². The molecule has 3 rings (SSSR count). The first-order chi connectivity index (χ1) is 9.71. The zero-order valence-electron chi connectivity index (χ0n) is 12.2. The number of aromatic nitrogens is 3. The molecule has 108 valence electrons. The number of nitrogens with one attached hydrogen (secondary N) is 1. The summed E-state index contributed by atoms with van der Waals surface area (Å²) in [5, 5.41) is 7.94. The van der Waals surface area contributed by atoms with E-state index in [0.717, 1.165) is 37.5 Å². The molecular formula is C15H22N4O. The number of hydrogen-bond donors (Lipinski definition) is 1. The molecule has 0 amide bonds. The van der Waals surface area contributed by atoms with Crippen molar-refractivity contribution < 1.29 is 4.74 Å². The molecule has 1 N–H and O–H groups in total. The van der Waals surface area contributed by atoms with Crippen LogP contribution in [0.25, 0.3) is 5.65 Å². The number of nitrogens with zero attached hydrogens (tertiary/aromatic N) is 3. The van der Waals surface area contributed by atoms with Crippen molar-refractivity contribution in [2.24, 2.45) is 5.41 Å². The molecular weight excluding hydrogens is 252 g/mol. The number of aryl methyl sites for hydroxylation is 1. The van der Waals surface area contributed by atoms with E-state index in [1.165, 1.54) is 18.4 Å². The first kappa shape index (κ1) is 13.5. The molecule has 0 aliphatic heterocycles. The smallest absolute Gasteiger partial charge is 0.155 e. The predicted octanol–water partition coefficient (Wildman–Crippen LogP) is 1.94. The molecule has 0 unspecified atom stereocenters. The third-order valence-electron chi connectivity index (χ3n) is 4.11. The molecule has 0 bridgehead atoms. The molecule has 1 fully saturated rings. The second-order valence-electron chi connectivity index (χ2n) is 5.90. The maximum Gasteiger partial charge on any atom is 0.155 e. The minimum atomic E-state index is 0.482. The number of fused-ring (bicyclic) bond motifs is 1. The van der Waals surface area contributed by atoms with E-state index in [1.54, 1.807) is 7.11 Å². The highest BCUT2D eigenvalue weighted by molar-refractivity contribution is 5.38. The van der Waals surface area contributed by atoms with Gasteiger partial charge in [-0.25, -0.2) is 9.50 Å². The van der Waals surface area contributed by atoms with Crippen molar-refractivity contribution in [1.29, 1.82) is 0 Å². The molecule has 1 saturated carbocycles. The number of rotatable bonds is 7. The predicted molar refractivity (Wildman–Crippen MR) is 77.6 cm³/mol. The van der Waals surface area contributed by atoms with Gasteiger partial charge in [0.25, 0.3) is 0 Å². The molecule has 2 heterocycles. The Hall–Kier alpha value is -1.46. The largest absolute Gasteiger partial charge is 0.385 e. The highest BCUT2D eigenvalue weighted by Crippen LogP contribution is 2.48. The summed E-state index contributed by atoms with van der Waals surface area (Å²) in [6, 6.07) is 1.99. The maximum absolute atomic E-state index is 5.18. The lowest BCUT2D eigenvalue weighted by atomic mass is 10.0. The molecule has 5 nitrogen and oxygen atoms in total. The molecule has 0 saturated heterocycles. The van der Waals surface area contributed by atoms with Gasteiger partial charge in [-0.2, -0.15) is 5.10 Å². The summed E-state index contributed by atoms with van der Waals surface area (Å²) in [4.78, 5) is 4.42. The Kier molecular flexibility index (Phi) is 3.72. The third-order valence-corrected chi connectivity index (χ3v) is 4.11. The van der Waals surface area contributed by atoms with Gasteiger partial charge in [0.2, 0.25) is 0 Å². The van der Waals surface area contributed by atoms with Crippen molar-refractivity contribution in [2.45, 2.75) is 32.7 Å². The quantitative estimate of drug-likeness (QED) is 0.838. The van der Waals surface area contributed by atoms with E-state index in [1.807, 2.05) is 23.7 Å². The minimum absolute atomic E-state index is 0.482. The Morgan fingerprint density at radius 3 is 3.05 bits per heavy atom. The molecule has 0 radical (unpaired) electrons. The van der Waals surface area contributed by atoms with E-state index in [9.17, 15) is 0 Å². The van der Waals surface area contributed by atoms with Crippen molar-refractivity contribution in [3.8, 4) is 0 Å². The fourth-order valence-electron chi connectivity index (χ4n) is 2.61. The first-order valence-corrected chi connectivity index (χ1v) is 7.21. The average Bonchev–Trinajstić information content (AvgIpc) is 3.10. The molecule has 0 spiro atoms. The highest BCUT2D eigenvalue weighted by atomic mass is 16.5. The number of methoxy groups -OCH3 is 1. The Labute approximate surface area is 119 Å². The Balaban J connectivity index is 1.54. The van der Waals surface area contributed by atoms with Crippen molar-refractivity contribution in [2.75, 3.05) is 20.3 Å². The normalized spacial score (nSPS) is 16.7. The zero-order valence-corrected chi connectivity index (χ0v) is 12.2. The fraction of sp³-hybridized carbons (Fsp3) is 0.600. The van der Waals surface area contributed by atoms with Crippen LogP contribution >= 0.6 is 0 Å². The van der Waals surface area contributed by atoms with Gasteiger partial charge in [-0.3, -0.25) is 0 Å². The van der Waals surface area contributed by atoms with Crippen LogP contribution in [0.2, 0.25) is 0 Å². The Bertz CT molecular complexity index is 589. The van der Waals surface area contributed by atoms with Crippen LogP contribution in [-0.4, -0.2) is 34.9 Å². The van der Waals surface area contributed by atoms with Gasteiger partial charge in [0.15, 0.2) is 5.65 Å². The monoisotopic (exact) mass is 274 g/mol. The second-order valence-corrected chi connectivity index (χ2v) is 5.90. The standard InChI is InChI=1S/C15H22N4O/c1-12-7-14-17-9-13(10-19(14)18-12)8-16-11-15(3-4-15)5-6-20-2/h7,9-10,16H,3-6,8,11H2,1-2H3. The van der Waals surface area contributed by atoms with Crippen LogP contribution in [0.1, 0.15) is 30.5 Å². The second kappa shape index (κ2) is 5.50. The van der Waals surface area contributed by atoms with Gasteiger partial charge in [0, 0.05) is 50.8 Å². The molecule has 5 heteroatoms. The van der Waals surface area contributed by atoms with Gasteiger partial charge in [-0.1, -0.05) is 0 Å². The Morgan fingerprint density at radius 2 is 2.30 bits per heavy atom. The molecule has 0 atom stereocenters. The lowest BCUT2D eigenvalue weighted by Crippen LogP contribution is -2.24. The summed E-state index contributed by atoms with van der Waals surface area (Å²) in [5.41, 5.74) is 3.56. The maximum atomic E-state index is 5.18. The first-order valence-electron chi connectivity index (χ1n) is 7.21. The van der Waals surface area contributed by atoms with Crippen molar-refractivity contribution in [3.63, 3.8) is 0 Å². The van der Waals surface area contributed by atoms with Crippen LogP contribution in [0.4, 0.5) is 0 Å². The van der Waals surface area contributed by atoms with Crippen LogP contribution in [0.3, 0.4) is 0 Å². The topological polar surface area (TPSA) is 51.5 Å². The van der Waals surface area contributed by atoms with Crippen LogP contribution in [-0.2, 0) is 11.3 Å². The van der Waals surface area contributed by atoms with Crippen LogP contribution in [0, 0.1) is 12.3 Å². The van der Waals surface area contributed by atoms with Gasteiger partial charge >= 0.3 is 0 Å². The van der Waals surface area contributed by atoms with Crippen molar-refractivity contribution >= 4 is 5.65 Å². The summed E-state index contributed by atoms with van der Waals surface area (Å²) in [5.74, 6) is 0. The van der Waals surface area contributed by atoms with Gasteiger partial charge < -0.3 is 10.1 Å². The van der Waals surface area contributed by atoms with E-state index in [2.05, 4.69) is 21.6 Å². The summed E-state index contributed by atoms with van der Waals surface area (Å²) < 4.78 is 7.03. The van der Waals surface area contributed by atoms with E-state index >= 15 is 0 Å². The van der Waals surface area contributed by atoms with Crippen LogP contribution < -0.4 is 5.32 Å². The summed E-state index contributed by atoms with van der Waals surface area (Å²) in [6.07, 6.45) is 7.78. The van der Waals surface area contributed by atoms with Crippen LogP contribution in [0.15, 0.2) is 18.5 Å². The summed E-state index contributed by atoms with van der Waals surface area (Å²) in [7, 11) is 1.77. The van der Waals surface area contributed by atoms with Crippen molar-refractivity contribution in [1.82, 2.24) is 19.9 Å². The minimum Gasteiger partial charge on any atom is -0.385 e. The van der Waals surface area contributed by atoms with Crippen LogP contribution in [0.5, 0.6) is 0 Å². The zero-order chi connectivity index (χ0) is 14.0. The fourth-order valence-corrected chi connectivity index (χ4v) is 2.61.